The summed E-state index contributed by atoms with van der Waals surface area (Å²) in [5, 5.41) is 10.0. The third-order valence-corrected chi connectivity index (χ3v) is 6.74. The lowest BCUT2D eigenvalue weighted by Gasteiger charge is -2.22. The molecule has 3 aromatic rings. The van der Waals surface area contributed by atoms with Crippen molar-refractivity contribution in [3.63, 3.8) is 0 Å². The minimum absolute atomic E-state index is 0.0283. The molecule has 0 saturated carbocycles. The van der Waals surface area contributed by atoms with E-state index in [2.05, 4.69) is 4.98 Å². The predicted molar refractivity (Wildman–Crippen MR) is 110 cm³/mol. The van der Waals surface area contributed by atoms with Crippen LogP contribution in [0.3, 0.4) is 0 Å². The summed E-state index contributed by atoms with van der Waals surface area (Å²) < 4.78 is 40.5. The molecule has 3 rings (SSSR count). The topological polar surface area (TPSA) is 90.5 Å². The van der Waals surface area contributed by atoms with Gasteiger partial charge in [-0.05, 0) is 61.7 Å². The lowest BCUT2D eigenvalue weighted by Crippen LogP contribution is -2.34. The van der Waals surface area contributed by atoms with Crippen molar-refractivity contribution in [3.8, 4) is 0 Å². The van der Waals surface area contributed by atoms with Gasteiger partial charge in [0.2, 0.25) is 10.0 Å². The van der Waals surface area contributed by atoms with Crippen molar-refractivity contribution >= 4 is 20.9 Å². The number of nitrogens with one attached hydrogen (secondary N) is 1. The van der Waals surface area contributed by atoms with Crippen LogP contribution in [0.1, 0.15) is 23.1 Å². The largest absolute Gasteiger partial charge is 0.396 e. The first-order valence-corrected chi connectivity index (χ1v) is 10.7. The van der Waals surface area contributed by atoms with E-state index in [4.69, 9.17) is 0 Å². The van der Waals surface area contributed by atoms with Gasteiger partial charge in [-0.2, -0.15) is 4.31 Å². The van der Waals surface area contributed by atoms with Crippen molar-refractivity contribution in [1.29, 1.82) is 0 Å². The van der Waals surface area contributed by atoms with Crippen molar-refractivity contribution in [2.45, 2.75) is 31.7 Å². The molecule has 154 valence electrons. The molecule has 0 fully saturated rings. The van der Waals surface area contributed by atoms with E-state index < -0.39 is 15.8 Å². The summed E-state index contributed by atoms with van der Waals surface area (Å²) in [5.74, 6) is -0.539. The van der Waals surface area contributed by atoms with Gasteiger partial charge in [-0.1, -0.05) is 12.1 Å². The lowest BCUT2D eigenvalue weighted by molar-refractivity contribution is 0.267. The van der Waals surface area contributed by atoms with Crippen molar-refractivity contribution in [1.82, 2.24) is 9.29 Å². The number of pyridine rings is 1. The highest BCUT2D eigenvalue weighted by atomic mass is 32.2. The molecule has 0 aliphatic heterocycles. The van der Waals surface area contributed by atoms with Gasteiger partial charge in [0.25, 0.3) is 5.56 Å². The average molecular weight is 418 g/mol. The van der Waals surface area contributed by atoms with Crippen LogP contribution in [0.2, 0.25) is 0 Å². The number of aryl methyl sites for hydroxylation is 2. The second kappa shape index (κ2) is 8.44. The van der Waals surface area contributed by atoms with Gasteiger partial charge >= 0.3 is 0 Å². The van der Waals surface area contributed by atoms with Gasteiger partial charge in [0.1, 0.15) is 5.82 Å². The maximum absolute atomic E-state index is 13.2. The lowest BCUT2D eigenvalue weighted by atomic mass is 10.0. The standard InChI is InChI=1S/C21H23FN2O4S/c1-14-4-5-15(2)20-19(14)12-16(21(26)23-20)13-24(10-3-11-25)29(27,28)18-8-6-17(22)7-9-18/h4-9,12,25H,3,10-11,13H2,1-2H3,(H,23,26). The number of aromatic nitrogens is 1. The molecule has 1 heterocycles. The van der Waals surface area contributed by atoms with Crippen LogP contribution in [0.15, 0.2) is 52.2 Å². The quantitative estimate of drug-likeness (QED) is 0.617. The number of fused-ring (bicyclic) bond motifs is 1. The second-order valence-corrected chi connectivity index (χ2v) is 8.92. The summed E-state index contributed by atoms with van der Waals surface area (Å²) in [6.45, 7) is 3.49. The maximum atomic E-state index is 13.2. The first-order chi connectivity index (χ1) is 13.7. The Hall–Kier alpha value is -2.55. The summed E-state index contributed by atoms with van der Waals surface area (Å²) in [5.41, 5.74) is 2.54. The van der Waals surface area contributed by atoms with E-state index in [9.17, 15) is 22.7 Å². The molecule has 0 aliphatic rings. The minimum Gasteiger partial charge on any atom is -0.396 e. The second-order valence-electron chi connectivity index (χ2n) is 6.98. The fraction of sp³-hybridized carbons (Fsp3) is 0.286. The van der Waals surface area contributed by atoms with Gasteiger partial charge in [0, 0.05) is 30.6 Å². The Kier molecular flexibility index (Phi) is 6.16. The number of aliphatic hydroxyl groups excluding tert-OH is 1. The zero-order valence-electron chi connectivity index (χ0n) is 16.3. The van der Waals surface area contributed by atoms with Crippen LogP contribution in [0.4, 0.5) is 4.39 Å². The van der Waals surface area contributed by atoms with Crippen molar-refractivity contribution < 1.29 is 17.9 Å². The van der Waals surface area contributed by atoms with E-state index in [0.29, 0.717) is 5.56 Å². The fourth-order valence-corrected chi connectivity index (χ4v) is 4.67. The number of hydrogen-bond donors (Lipinski definition) is 2. The van der Waals surface area contributed by atoms with Gasteiger partial charge in [0.15, 0.2) is 0 Å². The van der Waals surface area contributed by atoms with Gasteiger partial charge in [-0.15, -0.1) is 0 Å². The first kappa shape index (κ1) is 21.2. The number of hydrogen-bond acceptors (Lipinski definition) is 4. The molecular weight excluding hydrogens is 395 g/mol. The highest BCUT2D eigenvalue weighted by molar-refractivity contribution is 7.89. The number of nitrogens with zero attached hydrogens (tertiary/aromatic N) is 1. The highest BCUT2D eigenvalue weighted by Crippen LogP contribution is 2.22. The van der Waals surface area contributed by atoms with Gasteiger partial charge in [-0.3, -0.25) is 4.79 Å². The van der Waals surface area contributed by atoms with Crippen LogP contribution in [-0.2, 0) is 16.6 Å². The van der Waals surface area contributed by atoms with Crippen molar-refractivity contribution in [3.05, 3.63) is 75.3 Å². The van der Waals surface area contributed by atoms with E-state index in [1.807, 2.05) is 26.0 Å². The van der Waals surface area contributed by atoms with Crippen molar-refractivity contribution in [2.75, 3.05) is 13.2 Å². The normalized spacial score (nSPS) is 12.0. The highest BCUT2D eigenvalue weighted by Gasteiger charge is 2.25. The van der Waals surface area contributed by atoms with Gasteiger partial charge in [0.05, 0.1) is 10.4 Å². The maximum Gasteiger partial charge on any atom is 0.252 e. The molecule has 0 radical (unpaired) electrons. The Morgan fingerprint density at radius 3 is 2.38 bits per heavy atom. The van der Waals surface area contributed by atoms with Gasteiger partial charge < -0.3 is 10.1 Å². The van der Waals surface area contributed by atoms with Crippen LogP contribution in [0, 0.1) is 19.7 Å². The molecule has 0 atom stereocenters. The molecule has 2 N–H and O–H groups in total. The first-order valence-electron chi connectivity index (χ1n) is 9.22. The molecule has 1 aromatic heterocycles. The number of aromatic amines is 1. The van der Waals surface area contributed by atoms with Crippen LogP contribution >= 0.6 is 0 Å². The zero-order valence-corrected chi connectivity index (χ0v) is 17.1. The molecule has 0 amide bonds. The summed E-state index contributed by atoms with van der Waals surface area (Å²) in [7, 11) is -3.97. The van der Waals surface area contributed by atoms with E-state index in [-0.39, 0.29) is 36.6 Å². The molecule has 8 heteroatoms. The molecule has 0 bridgehead atoms. The third kappa shape index (κ3) is 4.39. The minimum atomic E-state index is -3.97. The van der Waals surface area contributed by atoms with E-state index in [1.54, 1.807) is 6.07 Å². The predicted octanol–water partition coefficient (Wildman–Crippen LogP) is 2.86. The molecule has 0 unspecified atom stereocenters. The molecule has 6 nitrogen and oxygen atoms in total. The monoisotopic (exact) mass is 418 g/mol. The van der Waals surface area contributed by atoms with Crippen LogP contribution in [0.25, 0.3) is 10.9 Å². The van der Waals surface area contributed by atoms with E-state index >= 15 is 0 Å². The van der Waals surface area contributed by atoms with Gasteiger partial charge in [-0.25, -0.2) is 12.8 Å². The summed E-state index contributed by atoms with van der Waals surface area (Å²) >= 11 is 0. The molecule has 0 aliphatic carbocycles. The number of sulfonamides is 1. The molecular formula is C21H23FN2O4S. The molecule has 29 heavy (non-hydrogen) atoms. The smallest absolute Gasteiger partial charge is 0.252 e. The molecule has 0 saturated heterocycles. The van der Waals surface area contributed by atoms with E-state index in [1.165, 1.54) is 12.1 Å². The van der Waals surface area contributed by atoms with Crippen molar-refractivity contribution in [2.24, 2.45) is 0 Å². The molecule has 2 aromatic carbocycles. The number of benzene rings is 2. The van der Waals surface area contributed by atoms with Crippen LogP contribution in [0.5, 0.6) is 0 Å². The van der Waals surface area contributed by atoms with Crippen LogP contribution in [-0.4, -0.2) is 36.0 Å². The SMILES string of the molecule is Cc1ccc(C)c2[nH]c(=O)c(CN(CCCO)S(=O)(=O)c3ccc(F)cc3)cc12. The zero-order chi connectivity index (χ0) is 21.2. The third-order valence-electron chi connectivity index (χ3n) is 4.88. The Bertz CT molecular complexity index is 1190. The summed E-state index contributed by atoms with van der Waals surface area (Å²) in [6, 6.07) is 10.1. The van der Waals surface area contributed by atoms with Crippen LogP contribution < -0.4 is 5.56 Å². The molecule has 0 spiro atoms. The Morgan fingerprint density at radius 2 is 1.72 bits per heavy atom. The fourth-order valence-electron chi connectivity index (χ4n) is 3.21. The van der Waals surface area contributed by atoms with E-state index in [0.717, 1.165) is 38.5 Å². The Labute approximate surface area is 168 Å². The summed E-state index contributed by atoms with van der Waals surface area (Å²) in [6.07, 6.45) is 0.212. The Balaban J connectivity index is 2.05. The number of aliphatic hydroxyl groups is 1. The number of rotatable bonds is 7. The average Bonchev–Trinajstić information content (AvgIpc) is 2.69. The number of halogens is 1. The summed E-state index contributed by atoms with van der Waals surface area (Å²) in [4.78, 5) is 15.4. The number of H-pyrrole nitrogens is 1. The Morgan fingerprint density at radius 1 is 1.07 bits per heavy atom.